The molecule has 2 saturated carbocycles. The quantitative estimate of drug-likeness (QED) is 0.458. The van der Waals surface area contributed by atoms with Gasteiger partial charge in [0, 0.05) is 11.4 Å². The van der Waals surface area contributed by atoms with Crippen LogP contribution in [0.5, 0.6) is 0 Å². The van der Waals surface area contributed by atoms with E-state index < -0.39 is 17.9 Å². The van der Waals surface area contributed by atoms with Crippen LogP contribution < -0.4 is 5.32 Å². The molecule has 1 aliphatic heterocycles. The minimum Gasteiger partial charge on any atom is -0.478 e. The lowest BCUT2D eigenvalue weighted by Gasteiger charge is -2.39. The van der Waals surface area contributed by atoms with Crippen molar-refractivity contribution < 1.29 is 19.4 Å². The first-order chi connectivity index (χ1) is 17.5. The summed E-state index contributed by atoms with van der Waals surface area (Å²) in [6.07, 6.45) is 10.5. The van der Waals surface area contributed by atoms with Crippen LogP contribution in [-0.4, -0.2) is 24.2 Å². The molecule has 7 heteroatoms. The number of benzene rings is 1. The second-order valence-corrected chi connectivity index (χ2v) is 11.0. The fourth-order valence-electron chi connectivity index (χ4n) is 6.44. The number of dihydropyridines is 1. The number of carboxylic acid groups (broad SMARTS) is 1. The van der Waals surface area contributed by atoms with Crippen molar-refractivity contribution >= 4 is 33.4 Å². The number of nitriles is 1. The molecule has 0 saturated heterocycles. The third-order valence-corrected chi connectivity index (χ3v) is 9.20. The Labute approximate surface area is 215 Å². The molecule has 2 aromatic rings. The largest absolute Gasteiger partial charge is 0.478 e. The molecule has 0 amide bonds. The first-order valence-electron chi connectivity index (χ1n) is 13.0. The maximum Gasteiger partial charge on any atom is 0.336 e. The molecule has 1 atom stereocenters. The van der Waals surface area contributed by atoms with Crippen LogP contribution in [0.1, 0.15) is 81.3 Å². The molecule has 1 aromatic carbocycles. The fraction of sp³-hybridized carbons (Fsp3) is 0.483. The Kier molecular flexibility index (Phi) is 7.15. The molecule has 6 nitrogen and oxygen atoms in total. The Hall–Kier alpha value is -3.11. The minimum atomic E-state index is -1.01. The highest BCUT2D eigenvalue weighted by molar-refractivity contribution is 7.17. The summed E-state index contributed by atoms with van der Waals surface area (Å²) in [7, 11) is 1.37. The molecule has 0 spiro atoms. The summed E-state index contributed by atoms with van der Waals surface area (Å²) in [6, 6.07) is 7.78. The molecular weight excluding hydrogens is 472 g/mol. The number of hydrogen-bond acceptors (Lipinski definition) is 6. The van der Waals surface area contributed by atoms with Gasteiger partial charge < -0.3 is 15.2 Å². The van der Waals surface area contributed by atoms with Crippen LogP contribution in [0.3, 0.4) is 0 Å². The van der Waals surface area contributed by atoms with Gasteiger partial charge in [-0.2, -0.15) is 5.26 Å². The van der Waals surface area contributed by atoms with E-state index in [4.69, 9.17) is 4.74 Å². The van der Waals surface area contributed by atoms with Crippen LogP contribution in [0.4, 0.5) is 0 Å². The van der Waals surface area contributed by atoms with Crippen molar-refractivity contribution in [3.63, 3.8) is 0 Å². The number of ether oxygens (including phenoxy) is 1. The third-order valence-electron chi connectivity index (χ3n) is 8.15. The van der Waals surface area contributed by atoms with Crippen molar-refractivity contribution in [2.75, 3.05) is 7.11 Å². The molecule has 2 aliphatic carbocycles. The second kappa shape index (κ2) is 10.5. The first kappa shape index (κ1) is 24.6. The lowest BCUT2D eigenvalue weighted by atomic mass is 9.72. The van der Waals surface area contributed by atoms with E-state index in [2.05, 4.69) is 11.4 Å². The van der Waals surface area contributed by atoms with Crippen LogP contribution in [-0.2, 0) is 14.3 Å². The number of hydrogen-bond donors (Lipinski definition) is 2. The average Bonchev–Trinajstić information content (AvgIpc) is 3.36. The average molecular weight is 505 g/mol. The zero-order chi connectivity index (χ0) is 25.2. The standard InChI is InChI=1S/C29H32N2O4S/c1-35-29(34)24-22(21-16-36-27-19(15-30)13-8-14-20(21)27)23(28(32)33)25(17-9-4-2-5-10-17)31-26(24)18-11-6-3-7-12-18/h8,13-14,16-18,22,31H,2-7,9-12H2,1H3,(H,32,33). The molecule has 2 heterocycles. The number of thiophene rings is 1. The normalized spacial score (nSPS) is 21.8. The monoisotopic (exact) mass is 504 g/mol. The van der Waals surface area contributed by atoms with Crippen LogP contribution in [0, 0.1) is 23.2 Å². The highest BCUT2D eigenvalue weighted by Crippen LogP contribution is 2.48. The summed E-state index contributed by atoms with van der Waals surface area (Å²) < 4.78 is 6.12. The van der Waals surface area contributed by atoms with Gasteiger partial charge >= 0.3 is 11.9 Å². The Bertz CT molecular complexity index is 1290. The molecule has 188 valence electrons. The number of methoxy groups -OCH3 is 1. The number of rotatable bonds is 5. The van der Waals surface area contributed by atoms with Gasteiger partial charge in [0.1, 0.15) is 6.07 Å². The molecule has 2 N–H and O–H groups in total. The predicted octanol–water partition coefficient (Wildman–Crippen LogP) is 6.39. The van der Waals surface area contributed by atoms with Crippen molar-refractivity contribution in [2.45, 2.75) is 70.1 Å². The Morgan fingerprint density at radius 1 is 1.00 bits per heavy atom. The van der Waals surface area contributed by atoms with Crippen LogP contribution in [0.25, 0.3) is 10.1 Å². The smallest absolute Gasteiger partial charge is 0.336 e. The molecule has 1 aromatic heterocycles. The van der Waals surface area contributed by atoms with E-state index in [1.165, 1.54) is 31.3 Å². The molecule has 1 unspecified atom stereocenters. The van der Waals surface area contributed by atoms with Gasteiger partial charge in [0.15, 0.2) is 0 Å². The number of nitrogens with zero attached hydrogens (tertiary/aromatic N) is 1. The van der Waals surface area contributed by atoms with E-state index in [1.54, 1.807) is 6.07 Å². The van der Waals surface area contributed by atoms with E-state index in [0.29, 0.717) is 11.1 Å². The summed E-state index contributed by atoms with van der Waals surface area (Å²) in [6.45, 7) is 0. The van der Waals surface area contributed by atoms with Gasteiger partial charge in [-0.1, -0.05) is 50.7 Å². The molecule has 0 bridgehead atoms. The number of aliphatic carboxylic acids is 1. The summed E-state index contributed by atoms with van der Waals surface area (Å²) in [5, 5.41) is 26.6. The van der Waals surface area contributed by atoms with E-state index in [0.717, 1.165) is 78.4 Å². The highest BCUT2D eigenvalue weighted by atomic mass is 32.1. The molecule has 3 aliphatic rings. The Morgan fingerprint density at radius 2 is 1.61 bits per heavy atom. The number of allylic oxidation sites excluding steroid dienone is 2. The zero-order valence-electron chi connectivity index (χ0n) is 20.6. The summed E-state index contributed by atoms with van der Waals surface area (Å²) in [5.74, 6) is -1.93. The van der Waals surface area contributed by atoms with Gasteiger partial charge in [-0.05, 0) is 59.9 Å². The van der Waals surface area contributed by atoms with Crippen molar-refractivity contribution in [1.82, 2.24) is 5.32 Å². The van der Waals surface area contributed by atoms with Crippen LogP contribution >= 0.6 is 11.3 Å². The first-order valence-corrected chi connectivity index (χ1v) is 13.9. The van der Waals surface area contributed by atoms with Gasteiger partial charge in [-0.25, -0.2) is 9.59 Å². The SMILES string of the molecule is COC(=O)C1=C(C2CCCCC2)NC(C2CCCCC2)=C(C(=O)O)C1c1csc2c(C#N)cccc12. The minimum absolute atomic E-state index is 0.129. The lowest BCUT2D eigenvalue weighted by molar-refractivity contribution is -0.136. The summed E-state index contributed by atoms with van der Waals surface area (Å²) >= 11 is 1.43. The van der Waals surface area contributed by atoms with Crippen molar-refractivity contribution in [2.24, 2.45) is 11.8 Å². The van der Waals surface area contributed by atoms with E-state index >= 15 is 0 Å². The predicted molar refractivity (Wildman–Crippen MR) is 139 cm³/mol. The molecule has 36 heavy (non-hydrogen) atoms. The topological polar surface area (TPSA) is 99.4 Å². The van der Waals surface area contributed by atoms with Gasteiger partial charge in [-0.15, -0.1) is 11.3 Å². The van der Waals surface area contributed by atoms with Crippen molar-refractivity contribution in [3.8, 4) is 6.07 Å². The third kappa shape index (κ3) is 4.32. The number of esters is 1. The van der Waals surface area contributed by atoms with E-state index in [9.17, 15) is 20.0 Å². The number of carbonyl (C=O) groups is 2. The Balaban J connectivity index is 1.78. The van der Waals surface area contributed by atoms with E-state index in [-0.39, 0.29) is 17.4 Å². The summed E-state index contributed by atoms with van der Waals surface area (Å²) in [4.78, 5) is 26.4. The zero-order valence-corrected chi connectivity index (χ0v) is 21.5. The number of carboxylic acids is 1. The lowest BCUT2D eigenvalue weighted by Crippen LogP contribution is -2.39. The highest BCUT2D eigenvalue weighted by Gasteiger charge is 2.43. The van der Waals surface area contributed by atoms with Crippen LogP contribution in [0.15, 0.2) is 46.1 Å². The maximum atomic E-state index is 13.5. The van der Waals surface area contributed by atoms with Gasteiger partial charge in [0.05, 0.1) is 34.4 Å². The summed E-state index contributed by atoms with van der Waals surface area (Å²) in [5.41, 5.74) is 3.63. The van der Waals surface area contributed by atoms with Gasteiger partial charge in [0.25, 0.3) is 0 Å². The number of carbonyl (C=O) groups excluding carboxylic acids is 1. The number of fused-ring (bicyclic) bond motifs is 1. The van der Waals surface area contributed by atoms with Crippen LogP contribution in [0.2, 0.25) is 0 Å². The molecule has 5 rings (SSSR count). The maximum absolute atomic E-state index is 13.5. The Morgan fingerprint density at radius 3 is 2.17 bits per heavy atom. The van der Waals surface area contributed by atoms with Crippen molar-refractivity contribution in [3.05, 3.63) is 57.2 Å². The van der Waals surface area contributed by atoms with Gasteiger partial charge in [-0.3, -0.25) is 0 Å². The second-order valence-electron chi connectivity index (χ2n) is 10.2. The van der Waals surface area contributed by atoms with Crippen molar-refractivity contribution in [1.29, 1.82) is 5.26 Å². The molecular formula is C29H32N2O4S. The molecule has 2 fully saturated rings. The number of nitrogens with one attached hydrogen (secondary N) is 1. The van der Waals surface area contributed by atoms with Gasteiger partial charge in [0.2, 0.25) is 0 Å². The molecule has 0 radical (unpaired) electrons. The fourth-order valence-corrected chi connectivity index (χ4v) is 7.50. The van der Waals surface area contributed by atoms with E-state index in [1.807, 2.05) is 17.5 Å².